The van der Waals surface area contributed by atoms with Crippen molar-refractivity contribution in [3.05, 3.63) is 41.3 Å². The summed E-state index contributed by atoms with van der Waals surface area (Å²) in [6.45, 7) is 4.42. The number of aryl methyl sites for hydroxylation is 1. The topological polar surface area (TPSA) is 61.3 Å². The van der Waals surface area contributed by atoms with Crippen LogP contribution in [0.15, 0.2) is 28.8 Å². The lowest BCUT2D eigenvalue weighted by atomic mass is 10.2. The van der Waals surface area contributed by atoms with Gasteiger partial charge in [-0.25, -0.2) is 0 Å². The molecule has 0 spiro atoms. The fourth-order valence-electron chi connectivity index (χ4n) is 1.53. The van der Waals surface area contributed by atoms with E-state index < -0.39 is 0 Å². The number of nitrogens with zero attached hydrogens (tertiary/aromatic N) is 1. The highest BCUT2D eigenvalue weighted by molar-refractivity contribution is 5.74. The van der Waals surface area contributed by atoms with Gasteiger partial charge in [-0.1, -0.05) is 23.4 Å². The van der Waals surface area contributed by atoms with Gasteiger partial charge in [-0.3, -0.25) is 0 Å². The second kappa shape index (κ2) is 5.40. The summed E-state index contributed by atoms with van der Waals surface area (Å²) in [6, 6.07) is 7.82. The summed E-state index contributed by atoms with van der Waals surface area (Å²) in [5.41, 5.74) is 8.09. The molecule has 1 aromatic carbocycles. The summed E-state index contributed by atoms with van der Waals surface area (Å²) < 4.78 is 10.4. The van der Waals surface area contributed by atoms with Crippen molar-refractivity contribution in [3.8, 4) is 5.75 Å². The molecule has 0 aliphatic carbocycles. The van der Waals surface area contributed by atoms with Crippen molar-refractivity contribution >= 4 is 17.8 Å². The molecule has 0 aliphatic rings. The Hall–Kier alpha value is -2.23. The Labute approximate surface area is 106 Å². The lowest BCUT2D eigenvalue weighted by Crippen LogP contribution is -1.90. The summed E-state index contributed by atoms with van der Waals surface area (Å²) in [6.07, 6.45) is 3.77. The minimum Gasteiger partial charge on any atom is -0.494 e. The van der Waals surface area contributed by atoms with E-state index in [0.717, 1.165) is 11.3 Å². The van der Waals surface area contributed by atoms with Gasteiger partial charge in [-0.2, -0.15) is 0 Å². The van der Waals surface area contributed by atoms with E-state index in [0.29, 0.717) is 23.7 Å². The standard InChI is InChI=1S/C14H16N2O2/c1-3-17-12-7-4-11(5-8-12)6-9-13-14(15)10(2)18-16-13/h4-9H,3,15H2,1-2H3. The molecule has 2 aromatic rings. The molecule has 0 unspecified atom stereocenters. The third-order valence-electron chi connectivity index (χ3n) is 2.56. The van der Waals surface area contributed by atoms with Crippen LogP contribution in [0.2, 0.25) is 0 Å². The third-order valence-corrected chi connectivity index (χ3v) is 2.56. The van der Waals surface area contributed by atoms with Crippen LogP contribution in [0, 0.1) is 6.92 Å². The summed E-state index contributed by atoms with van der Waals surface area (Å²) in [4.78, 5) is 0. The molecule has 0 saturated heterocycles. The van der Waals surface area contributed by atoms with Gasteiger partial charge in [-0.05, 0) is 37.6 Å². The molecular weight excluding hydrogens is 228 g/mol. The smallest absolute Gasteiger partial charge is 0.157 e. The molecule has 18 heavy (non-hydrogen) atoms. The molecule has 0 atom stereocenters. The molecule has 1 heterocycles. The van der Waals surface area contributed by atoms with E-state index in [1.54, 1.807) is 6.92 Å². The van der Waals surface area contributed by atoms with E-state index >= 15 is 0 Å². The van der Waals surface area contributed by atoms with Gasteiger partial charge < -0.3 is 15.0 Å². The van der Waals surface area contributed by atoms with Crippen LogP contribution in [0.25, 0.3) is 12.2 Å². The first-order valence-corrected chi connectivity index (χ1v) is 5.83. The second-order valence-electron chi connectivity index (χ2n) is 3.87. The monoisotopic (exact) mass is 244 g/mol. The zero-order valence-corrected chi connectivity index (χ0v) is 10.5. The Morgan fingerprint density at radius 2 is 2.00 bits per heavy atom. The first-order valence-electron chi connectivity index (χ1n) is 5.83. The quantitative estimate of drug-likeness (QED) is 0.897. The highest BCUT2D eigenvalue weighted by Crippen LogP contribution is 2.19. The predicted octanol–water partition coefficient (Wildman–Crippen LogP) is 3.13. The number of rotatable bonds is 4. The Bertz CT molecular complexity index is 541. The van der Waals surface area contributed by atoms with Gasteiger partial charge >= 0.3 is 0 Å². The van der Waals surface area contributed by atoms with Crippen LogP contribution in [0.4, 0.5) is 5.69 Å². The van der Waals surface area contributed by atoms with Crippen molar-refractivity contribution in [2.45, 2.75) is 13.8 Å². The number of benzene rings is 1. The SMILES string of the molecule is CCOc1ccc(C=Cc2noc(C)c2N)cc1. The van der Waals surface area contributed by atoms with E-state index in [-0.39, 0.29) is 0 Å². The van der Waals surface area contributed by atoms with Gasteiger partial charge in [-0.15, -0.1) is 0 Å². The molecule has 1 aromatic heterocycles. The van der Waals surface area contributed by atoms with E-state index in [4.69, 9.17) is 15.0 Å². The number of nitrogen functional groups attached to an aromatic ring is 1. The highest BCUT2D eigenvalue weighted by Gasteiger charge is 2.04. The third kappa shape index (κ3) is 2.71. The fourth-order valence-corrected chi connectivity index (χ4v) is 1.53. The molecule has 2 N–H and O–H groups in total. The summed E-state index contributed by atoms with van der Waals surface area (Å²) in [5.74, 6) is 1.51. The molecule has 0 radical (unpaired) electrons. The normalized spacial score (nSPS) is 11.0. The summed E-state index contributed by atoms with van der Waals surface area (Å²) >= 11 is 0. The van der Waals surface area contributed by atoms with Crippen molar-refractivity contribution in [1.29, 1.82) is 0 Å². The van der Waals surface area contributed by atoms with Gasteiger partial charge in [0.2, 0.25) is 0 Å². The number of hydrogen-bond donors (Lipinski definition) is 1. The number of ether oxygens (including phenoxy) is 1. The molecule has 0 bridgehead atoms. The van der Waals surface area contributed by atoms with E-state index in [9.17, 15) is 0 Å². The van der Waals surface area contributed by atoms with Gasteiger partial charge in [0.05, 0.1) is 6.61 Å². The number of nitrogens with two attached hydrogens (primary N) is 1. The van der Waals surface area contributed by atoms with Gasteiger partial charge in [0.25, 0.3) is 0 Å². The van der Waals surface area contributed by atoms with Crippen molar-refractivity contribution in [2.24, 2.45) is 0 Å². The van der Waals surface area contributed by atoms with E-state index in [1.165, 1.54) is 0 Å². The van der Waals surface area contributed by atoms with Crippen LogP contribution in [-0.2, 0) is 0 Å². The molecule has 4 heteroatoms. The van der Waals surface area contributed by atoms with Crippen molar-refractivity contribution in [2.75, 3.05) is 12.3 Å². The van der Waals surface area contributed by atoms with Crippen LogP contribution in [0.5, 0.6) is 5.75 Å². The molecule has 0 saturated carbocycles. The minimum atomic E-state index is 0.581. The van der Waals surface area contributed by atoms with Crippen molar-refractivity contribution < 1.29 is 9.26 Å². The zero-order chi connectivity index (χ0) is 13.0. The second-order valence-corrected chi connectivity index (χ2v) is 3.87. The Morgan fingerprint density at radius 3 is 2.56 bits per heavy atom. The van der Waals surface area contributed by atoms with Crippen LogP contribution < -0.4 is 10.5 Å². The maximum atomic E-state index is 5.80. The van der Waals surface area contributed by atoms with Gasteiger partial charge in [0, 0.05) is 0 Å². The number of aromatic nitrogens is 1. The Kier molecular flexibility index (Phi) is 3.67. The molecule has 0 aliphatic heterocycles. The minimum absolute atomic E-state index is 0.581. The van der Waals surface area contributed by atoms with Gasteiger partial charge in [0.15, 0.2) is 5.76 Å². The largest absolute Gasteiger partial charge is 0.494 e. The summed E-state index contributed by atoms with van der Waals surface area (Å²) in [5, 5.41) is 3.87. The Morgan fingerprint density at radius 1 is 1.28 bits per heavy atom. The van der Waals surface area contributed by atoms with E-state index in [1.807, 2.05) is 43.3 Å². The molecule has 2 rings (SSSR count). The maximum Gasteiger partial charge on any atom is 0.157 e. The molecular formula is C14H16N2O2. The predicted molar refractivity (Wildman–Crippen MR) is 72.2 cm³/mol. The molecule has 0 amide bonds. The Balaban J connectivity index is 2.11. The molecule has 4 nitrogen and oxygen atoms in total. The van der Waals surface area contributed by atoms with Gasteiger partial charge in [0.1, 0.15) is 17.1 Å². The first kappa shape index (κ1) is 12.2. The number of anilines is 1. The maximum absolute atomic E-state index is 5.80. The lowest BCUT2D eigenvalue weighted by molar-refractivity contribution is 0.340. The van der Waals surface area contributed by atoms with Crippen molar-refractivity contribution in [1.82, 2.24) is 5.16 Å². The summed E-state index contributed by atoms with van der Waals surface area (Å²) in [7, 11) is 0. The molecule has 94 valence electrons. The average molecular weight is 244 g/mol. The first-order chi connectivity index (χ1) is 8.70. The van der Waals surface area contributed by atoms with Crippen molar-refractivity contribution in [3.63, 3.8) is 0 Å². The average Bonchev–Trinajstić information content (AvgIpc) is 2.70. The van der Waals surface area contributed by atoms with Crippen LogP contribution in [-0.4, -0.2) is 11.8 Å². The van der Waals surface area contributed by atoms with Crippen LogP contribution in [0.3, 0.4) is 0 Å². The fraction of sp³-hybridized carbons (Fsp3) is 0.214. The van der Waals surface area contributed by atoms with Crippen LogP contribution >= 0.6 is 0 Å². The number of hydrogen-bond acceptors (Lipinski definition) is 4. The zero-order valence-electron chi connectivity index (χ0n) is 10.5. The molecule has 0 fully saturated rings. The van der Waals surface area contributed by atoms with Crippen LogP contribution in [0.1, 0.15) is 23.9 Å². The van der Waals surface area contributed by atoms with E-state index in [2.05, 4.69) is 5.16 Å². The lowest BCUT2D eigenvalue weighted by Gasteiger charge is -2.02. The highest BCUT2D eigenvalue weighted by atomic mass is 16.5.